The topological polar surface area (TPSA) is 47.3 Å². The minimum atomic E-state index is 0.278. The van der Waals surface area contributed by atoms with Gasteiger partial charge >= 0.3 is 0 Å². The van der Waals surface area contributed by atoms with Gasteiger partial charge in [-0.15, -0.1) is 0 Å². The van der Waals surface area contributed by atoms with Gasteiger partial charge in [0, 0.05) is 11.9 Å². The number of nitrogens with zero attached hydrogens (tertiary/aromatic N) is 1. The van der Waals surface area contributed by atoms with Gasteiger partial charge in [0.25, 0.3) is 0 Å². The number of ether oxygens (including phenoxy) is 1. The molecule has 4 heteroatoms. The summed E-state index contributed by atoms with van der Waals surface area (Å²) in [5.74, 6) is 0. The van der Waals surface area contributed by atoms with E-state index in [-0.39, 0.29) is 6.04 Å². The molecule has 0 radical (unpaired) electrons. The molecule has 1 saturated heterocycles. The van der Waals surface area contributed by atoms with E-state index < -0.39 is 0 Å². The van der Waals surface area contributed by atoms with Crippen molar-refractivity contribution in [3.63, 3.8) is 0 Å². The molecule has 1 aliphatic rings. The summed E-state index contributed by atoms with van der Waals surface area (Å²) < 4.78 is 10.3. The third-order valence-corrected chi connectivity index (χ3v) is 2.71. The van der Waals surface area contributed by atoms with Crippen molar-refractivity contribution in [3.8, 4) is 0 Å². The SMILES string of the molecule is c1cc2conc2cc1C1COCCN1. The van der Waals surface area contributed by atoms with E-state index in [4.69, 9.17) is 9.26 Å². The highest BCUT2D eigenvalue weighted by Crippen LogP contribution is 2.20. The van der Waals surface area contributed by atoms with Gasteiger partial charge in [-0.2, -0.15) is 0 Å². The highest BCUT2D eigenvalue weighted by atomic mass is 16.5. The first-order valence-electron chi connectivity index (χ1n) is 5.09. The summed E-state index contributed by atoms with van der Waals surface area (Å²) in [6.45, 7) is 2.42. The lowest BCUT2D eigenvalue weighted by molar-refractivity contribution is 0.0769. The van der Waals surface area contributed by atoms with Crippen LogP contribution in [0.3, 0.4) is 0 Å². The largest absolute Gasteiger partial charge is 0.378 e. The zero-order valence-corrected chi connectivity index (χ0v) is 8.27. The lowest BCUT2D eigenvalue weighted by Crippen LogP contribution is -2.34. The minimum Gasteiger partial charge on any atom is -0.378 e. The molecule has 78 valence electrons. The molecule has 2 aromatic rings. The summed E-state index contributed by atoms with van der Waals surface area (Å²) in [6, 6.07) is 6.44. The maximum absolute atomic E-state index is 5.42. The van der Waals surface area contributed by atoms with Crippen LogP contribution in [0.1, 0.15) is 11.6 Å². The smallest absolute Gasteiger partial charge is 0.131 e. The van der Waals surface area contributed by atoms with E-state index in [9.17, 15) is 0 Å². The fourth-order valence-corrected chi connectivity index (χ4v) is 1.88. The summed E-state index contributed by atoms with van der Waals surface area (Å²) in [5, 5.41) is 8.38. The Morgan fingerprint density at radius 3 is 3.27 bits per heavy atom. The molecular formula is C11H12N2O2. The number of rotatable bonds is 1. The molecule has 0 saturated carbocycles. The Balaban J connectivity index is 1.95. The Labute approximate surface area is 87.2 Å². The third-order valence-electron chi connectivity index (χ3n) is 2.71. The van der Waals surface area contributed by atoms with E-state index in [1.807, 2.05) is 12.1 Å². The van der Waals surface area contributed by atoms with Crippen LogP contribution in [0.25, 0.3) is 10.9 Å². The number of hydrogen-bond acceptors (Lipinski definition) is 4. The lowest BCUT2D eigenvalue weighted by Gasteiger charge is -2.23. The van der Waals surface area contributed by atoms with E-state index >= 15 is 0 Å². The fourth-order valence-electron chi connectivity index (χ4n) is 1.88. The van der Waals surface area contributed by atoms with Gasteiger partial charge < -0.3 is 14.6 Å². The third kappa shape index (κ3) is 1.62. The molecule has 1 unspecified atom stereocenters. The first-order valence-corrected chi connectivity index (χ1v) is 5.09. The number of hydrogen-bond donors (Lipinski definition) is 1. The van der Waals surface area contributed by atoms with Crippen LogP contribution in [0.15, 0.2) is 29.0 Å². The molecule has 0 amide bonds. The molecule has 15 heavy (non-hydrogen) atoms. The summed E-state index contributed by atoms with van der Waals surface area (Å²) >= 11 is 0. The molecule has 4 nitrogen and oxygen atoms in total. The van der Waals surface area contributed by atoms with Gasteiger partial charge in [0.2, 0.25) is 0 Å². The van der Waals surface area contributed by atoms with Crippen molar-refractivity contribution < 1.29 is 9.26 Å². The maximum atomic E-state index is 5.42. The number of nitrogens with one attached hydrogen (secondary N) is 1. The van der Waals surface area contributed by atoms with E-state index in [2.05, 4.69) is 16.5 Å². The molecule has 1 fully saturated rings. The number of morpholine rings is 1. The van der Waals surface area contributed by atoms with Crippen LogP contribution in [0.2, 0.25) is 0 Å². The second kappa shape index (κ2) is 3.64. The van der Waals surface area contributed by atoms with Crippen LogP contribution >= 0.6 is 0 Å². The number of fused-ring (bicyclic) bond motifs is 1. The zero-order chi connectivity index (χ0) is 10.1. The number of aromatic nitrogens is 1. The Morgan fingerprint density at radius 2 is 2.40 bits per heavy atom. The first kappa shape index (κ1) is 8.88. The maximum Gasteiger partial charge on any atom is 0.131 e. The van der Waals surface area contributed by atoms with Gasteiger partial charge in [0.15, 0.2) is 0 Å². The van der Waals surface area contributed by atoms with Crippen LogP contribution in [-0.4, -0.2) is 24.9 Å². The van der Waals surface area contributed by atoms with Crippen LogP contribution in [0.4, 0.5) is 0 Å². The van der Waals surface area contributed by atoms with Crippen molar-refractivity contribution in [2.45, 2.75) is 6.04 Å². The fraction of sp³-hybridized carbons (Fsp3) is 0.364. The molecule has 1 atom stereocenters. The van der Waals surface area contributed by atoms with Gasteiger partial charge in [-0.3, -0.25) is 0 Å². The second-order valence-corrected chi connectivity index (χ2v) is 3.71. The normalized spacial score (nSPS) is 22.0. The van der Waals surface area contributed by atoms with Gasteiger partial charge in [-0.05, 0) is 17.7 Å². The summed E-state index contributed by atoms with van der Waals surface area (Å²) in [7, 11) is 0. The van der Waals surface area contributed by atoms with Crippen molar-refractivity contribution in [2.24, 2.45) is 0 Å². The molecule has 1 N–H and O–H groups in total. The van der Waals surface area contributed by atoms with Gasteiger partial charge in [0.05, 0.1) is 19.3 Å². The summed E-state index contributed by atoms with van der Waals surface area (Å²) in [6.07, 6.45) is 1.66. The van der Waals surface area contributed by atoms with E-state index in [0.29, 0.717) is 0 Å². The molecular weight excluding hydrogens is 192 g/mol. The van der Waals surface area contributed by atoms with Crippen molar-refractivity contribution >= 4 is 10.9 Å². The van der Waals surface area contributed by atoms with Crippen LogP contribution in [-0.2, 0) is 4.74 Å². The molecule has 2 heterocycles. The Kier molecular flexibility index (Phi) is 2.16. The van der Waals surface area contributed by atoms with Crippen molar-refractivity contribution in [3.05, 3.63) is 30.0 Å². The predicted octanol–water partition coefficient (Wildman–Crippen LogP) is 1.49. The monoisotopic (exact) mass is 204 g/mol. The quantitative estimate of drug-likeness (QED) is 0.764. The van der Waals surface area contributed by atoms with Crippen LogP contribution < -0.4 is 5.32 Å². The average Bonchev–Trinajstić information content (AvgIpc) is 2.77. The summed E-state index contributed by atoms with van der Waals surface area (Å²) in [5.41, 5.74) is 2.11. The highest BCUT2D eigenvalue weighted by molar-refractivity contribution is 5.77. The zero-order valence-electron chi connectivity index (χ0n) is 8.27. The minimum absolute atomic E-state index is 0.278. The molecule has 1 aromatic heterocycles. The van der Waals surface area contributed by atoms with Crippen molar-refractivity contribution in [1.29, 1.82) is 0 Å². The Bertz CT molecular complexity index is 460. The molecule has 3 rings (SSSR count). The second-order valence-electron chi connectivity index (χ2n) is 3.71. The van der Waals surface area contributed by atoms with Gasteiger partial charge in [-0.1, -0.05) is 11.2 Å². The standard InChI is InChI=1S/C11H12N2O2/c1-2-9-6-15-13-10(9)5-8(1)11-7-14-4-3-12-11/h1-2,5-6,11-12H,3-4,7H2. The first-order chi connectivity index (χ1) is 7.43. The Hall–Kier alpha value is -1.39. The van der Waals surface area contributed by atoms with E-state index in [1.165, 1.54) is 5.56 Å². The van der Waals surface area contributed by atoms with E-state index in [1.54, 1.807) is 6.26 Å². The summed E-state index contributed by atoms with van der Waals surface area (Å²) in [4.78, 5) is 0. The lowest BCUT2D eigenvalue weighted by atomic mass is 10.1. The molecule has 0 spiro atoms. The van der Waals surface area contributed by atoms with Crippen molar-refractivity contribution in [1.82, 2.24) is 10.5 Å². The molecule has 0 aliphatic carbocycles. The highest BCUT2D eigenvalue weighted by Gasteiger charge is 2.15. The molecule has 0 bridgehead atoms. The van der Waals surface area contributed by atoms with Crippen molar-refractivity contribution in [2.75, 3.05) is 19.8 Å². The van der Waals surface area contributed by atoms with Crippen LogP contribution in [0.5, 0.6) is 0 Å². The van der Waals surface area contributed by atoms with E-state index in [0.717, 1.165) is 30.7 Å². The molecule has 1 aliphatic heterocycles. The average molecular weight is 204 g/mol. The van der Waals surface area contributed by atoms with Crippen LogP contribution in [0, 0.1) is 0 Å². The molecule has 1 aromatic carbocycles. The van der Waals surface area contributed by atoms with Gasteiger partial charge in [-0.25, -0.2) is 0 Å². The number of benzene rings is 1. The van der Waals surface area contributed by atoms with Gasteiger partial charge in [0.1, 0.15) is 11.8 Å². The predicted molar refractivity (Wildman–Crippen MR) is 55.6 cm³/mol. The Morgan fingerprint density at radius 1 is 1.40 bits per heavy atom.